The van der Waals surface area contributed by atoms with Crippen molar-refractivity contribution >= 4 is 5.69 Å². The van der Waals surface area contributed by atoms with Crippen molar-refractivity contribution in [3.63, 3.8) is 0 Å². The number of ether oxygens (including phenoxy) is 3. The minimum Gasteiger partial charge on any atom is -0.486 e. The number of nitrogens with zero attached hydrogens (tertiary/aromatic N) is 1. The summed E-state index contributed by atoms with van der Waals surface area (Å²) in [5.74, 6) is 3.00. The summed E-state index contributed by atoms with van der Waals surface area (Å²) in [6.45, 7) is 15.4. The summed E-state index contributed by atoms with van der Waals surface area (Å²) in [7, 11) is 0. The summed E-state index contributed by atoms with van der Waals surface area (Å²) >= 11 is 0. The second-order valence-corrected chi connectivity index (χ2v) is 10.3. The molecule has 0 spiro atoms. The maximum Gasteiger partial charge on any atom is 0.231 e. The quantitative estimate of drug-likeness (QED) is 0.456. The summed E-state index contributed by atoms with van der Waals surface area (Å²) in [5, 5.41) is 0. The lowest BCUT2D eigenvalue weighted by Gasteiger charge is -2.28. The zero-order valence-corrected chi connectivity index (χ0v) is 20.3. The largest absolute Gasteiger partial charge is 0.486 e. The van der Waals surface area contributed by atoms with Crippen LogP contribution in [0.25, 0.3) is 0 Å². The predicted molar refractivity (Wildman–Crippen MR) is 131 cm³/mol. The molecule has 0 radical (unpaired) electrons. The topological polar surface area (TPSA) is 30.9 Å². The van der Waals surface area contributed by atoms with Crippen LogP contribution in [-0.4, -0.2) is 12.4 Å². The fourth-order valence-electron chi connectivity index (χ4n) is 6.02. The zero-order valence-electron chi connectivity index (χ0n) is 20.3. The molecule has 4 heteroatoms. The van der Waals surface area contributed by atoms with Crippen LogP contribution in [0.15, 0.2) is 36.4 Å². The lowest BCUT2D eigenvalue weighted by Crippen LogP contribution is -2.31. The van der Waals surface area contributed by atoms with Crippen molar-refractivity contribution < 1.29 is 14.2 Å². The van der Waals surface area contributed by atoms with Crippen LogP contribution < -0.4 is 19.1 Å². The van der Waals surface area contributed by atoms with Gasteiger partial charge in [-0.05, 0) is 87.1 Å². The van der Waals surface area contributed by atoms with E-state index in [0.29, 0.717) is 6.79 Å². The van der Waals surface area contributed by atoms with Crippen LogP contribution in [0.4, 0.5) is 5.69 Å². The summed E-state index contributed by atoms with van der Waals surface area (Å²) in [4.78, 5) is 2.51. The van der Waals surface area contributed by atoms with Gasteiger partial charge >= 0.3 is 0 Å². The van der Waals surface area contributed by atoms with Gasteiger partial charge in [0.2, 0.25) is 6.79 Å². The normalized spacial score (nSPS) is 19.5. The van der Waals surface area contributed by atoms with E-state index in [1.807, 2.05) is 0 Å². The highest BCUT2D eigenvalue weighted by molar-refractivity contribution is 5.73. The number of aryl methyl sites for hydroxylation is 1. The van der Waals surface area contributed by atoms with Gasteiger partial charge < -0.3 is 19.1 Å². The van der Waals surface area contributed by atoms with Crippen LogP contribution >= 0.6 is 0 Å². The number of hydrogen-bond donors (Lipinski definition) is 0. The van der Waals surface area contributed by atoms with Crippen LogP contribution in [0.1, 0.15) is 64.3 Å². The molecule has 0 saturated heterocycles. The van der Waals surface area contributed by atoms with Crippen LogP contribution in [0.3, 0.4) is 0 Å². The van der Waals surface area contributed by atoms with Crippen molar-refractivity contribution in [1.29, 1.82) is 0 Å². The molecule has 1 atom stereocenters. The molecular weight excluding hydrogens is 410 g/mol. The van der Waals surface area contributed by atoms with Crippen LogP contribution in [0, 0.1) is 27.7 Å². The molecule has 0 N–H and O–H groups in total. The molecule has 0 aromatic heterocycles. The molecule has 170 valence electrons. The van der Waals surface area contributed by atoms with E-state index >= 15 is 0 Å². The molecule has 0 amide bonds. The Kier molecular flexibility index (Phi) is 4.30. The average molecular weight is 442 g/mol. The van der Waals surface area contributed by atoms with E-state index < -0.39 is 0 Å². The second kappa shape index (κ2) is 6.93. The molecule has 3 aliphatic rings. The maximum atomic E-state index is 6.67. The van der Waals surface area contributed by atoms with Crippen molar-refractivity contribution in [3.05, 3.63) is 80.9 Å². The molecule has 3 aromatic carbocycles. The lowest BCUT2D eigenvalue weighted by atomic mass is 9.78. The third kappa shape index (κ3) is 2.96. The molecule has 33 heavy (non-hydrogen) atoms. The van der Waals surface area contributed by atoms with Gasteiger partial charge in [-0.2, -0.15) is 0 Å². The standard InChI is InChI=1S/C29H31NO3/c1-16-7-9-20(10-8-16)26-25-19(4)27(17(2)18(3)28(25)33-29(26,5)6)30-13-21-11-23-24(32-15-31-23)12-22(21)14-30/h7-12,26H,13-15H2,1-6H3. The Balaban J connectivity index is 1.47. The number of rotatable bonds is 2. The van der Waals surface area contributed by atoms with E-state index in [4.69, 9.17) is 14.2 Å². The fourth-order valence-corrected chi connectivity index (χ4v) is 6.02. The average Bonchev–Trinajstić information content (AvgIpc) is 3.46. The Hall–Kier alpha value is -3.14. The van der Waals surface area contributed by atoms with Crippen molar-refractivity contribution in [2.45, 2.75) is 66.2 Å². The minimum absolute atomic E-state index is 0.196. The fraction of sp³-hybridized carbons (Fsp3) is 0.379. The van der Waals surface area contributed by atoms with Gasteiger partial charge in [0.25, 0.3) is 0 Å². The van der Waals surface area contributed by atoms with Crippen molar-refractivity contribution in [2.75, 3.05) is 11.7 Å². The monoisotopic (exact) mass is 441 g/mol. The van der Waals surface area contributed by atoms with Crippen LogP contribution in [0.2, 0.25) is 0 Å². The Morgan fingerprint density at radius 1 is 0.818 bits per heavy atom. The highest BCUT2D eigenvalue weighted by Gasteiger charge is 2.45. The van der Waals surface area contributed by atoms with Gasteiger partial charge in [0.15, 0.2) is 11.5 Å². The smallest absolute Gasteiger partial charge is 0.231 e. The molecule has 3 aromatic rings. The maximum absolute atomic E-state index is 6.67. The van der Waals surface area contributed by atoms with Crippen molar-refractivity contribution in [3.8, 4) is 17.2 Å². The molecule has 0 fully saturated rings. The van der Waals surface area contributed by atoms with Gasteiger partial charge in [-0.1, -0.05) is 29.8 Å². The number of benzene rings is 3. The van der Waals surface area contributed by atoms with Crippen LogP contribution in [-0.2, 0) is 13.1 Å². The molecule has 0 aliphatic carbocycles. The van der Waals surface area contributed by atoms with Gasteiger partial charge in [-0.15, -0.1) is 0 Å². The van der Waals surface area contributed by atoms with Crippen molar-refractivity contribution in [1.82, 2.24) is 0 Å². The molecule has 4 nitrogen and oxygen atoms in total. The molecule has 1 unspecified atom stereocenters. The summed E-state index contributed by atoms with van der Waals surface area (Å²) in [6, 6.07) is 13.3. The minimum atomic E-state index is -0.304. The van der Waals surface area contributed by atoms with Gasteiger partial charge in [-0.3, -0.25) is 0 Å². The number of anilines is 1. The Labute approximate surface area is 196 Å². The van der Waals surface area contributed by atoms with E-state index in [9.17, 15) is 0 Å². The van der Waals surface area contributed by atoms with Gasteiger partial charge in [0.05, 0.1) is 5.92 Å². The van der Waals surface area contributed by atoms with Crippen molar-refractivity contribution in [2.24, 2.45) is 0 Å². The van der Waals surface area contributed by atoms with E-state index in [0.717, 1.165) is 30.3 Å². The van der Waals surface area contributed by atoms with Gasteiger partial charge in [0, 0.05) is 24.3 Å². The first-order valence-corrected chi connectivity index (χ1v) is 11.8. The number of hydrogen-bond acceptors (Lipinski definition) is 4. The Morgan fingerprint density at radius 2 is 1.42 bits per heavy atom. The first-order valence-electron chi connectivity index (χ1n) is 11.8. The van der Waals surface area contributed by atoms with Gasteiger partial charge in [-0.25, -0.2) is 0 Å². The first-order chi connectivity index (χ1) is 15.7. The SMILES string of the molecule is Cc1ccc(C2c3c(C)c(N4Cc5cc6c(cc5C4)OCO6)c(C)c(C)c3OC2(C)C)cc1. The van der Waals surface area contributed by atoms with E-state index in [1.165, 1.54) is 50.2 Å². The zero-order chi connectivity index (χ0) is 23.1. The summed E-state index contributed by atoms with van der Waals surface area (Å²) < 4.78 is 17.9. The van der Waals surface area contributed by atoms with E-state index in [1.54, 1.807) is 0 Å². The van der Waals surface area contributed by atoms with E-state index in [-0.39, 0.29) is 11.5 Å². The summed E-state index contributed by atoms with van der Waals surface area (Å²) in [6.07, 6.45) is 0. The highest BCUT2D eigenvalue weighted by atomic mass is 16.7. The Bertz CT molecular complexity index is 1260. The Morgan fingerprint density at radius 3 is 2.03 bits per heavy atom. The molecule has 0 bridgehead atoms. The van der Waals surface area contributed by atoms with Crippen LogP contribution in [0.5, 0.6) is 17.2 Å². The predicted octanol–water partition coefficient (Wildman–Crippen LogP) is 6.47. The number of fused-ring (bicyclic) bond motifs is 3. The lowest BCUT2D eigenvalue weighted by molar-refractivity contribution is 0.121. The highest BCUT2D eigenvalue weighted by Crippen LogP contribution is 2.54. The molecular formula is C29H31NO3. The molecule has 0 saturated carbocycles. The summed E-state index contributed by atoms with van der Waals surface area (Å²) in [5.41, 5.74) is 11.5. The third-order valence-corrected chi connectivity index (χ3v) is 7.76. The molecule has 6 rings (SSSR count). The second-order valence-electron chi connectivity index (χ2n) is 10.3. The first kappa shape index (κ1) is 20.5. The molecule has 3 heterocycles. The van der Waals surface area contributed by atoms with E-state index in [2.05, 4.69) is 82.8 Å². The van der Waals surface area contributed by atoms with Gasteiger partial charge in [0.1, 0.15) is 11.4 Å². The molecule has 3 aliphatic heterocycles. The third-order valence-electron chi connectivity index (χ3n) is 7.76.